The number of hydrogen-bond donors (Lipinski definition) is 0. The molecule has 0 aliphatic heterocycles. The average Bonchev–Trinajstić information content (AvgIpc) is 2.43. The highest BCUT2D eigenvalue weighted by Crippen LogP contribution is 2.26. The van der Waals surface area contributed by atoms with Gasteiger partial charge in [0.25, 0.3) is 0 Å². The third-order valence-electron chi connectivity index (χ3n) is 2.60. The number of aryl methyl sites for hydroxylation is 2. The molecule has 1 heteroatoms. The van der Waals surface area contributed by atoms with Gasteiger partial charge in [-0.25, -0.2) is 0 Å². The van der Waals surface area contributed by atoms with Crippen LogP contribution in [0.1, 0.15) is 18.1 Å². The van der Waals surface area contributed by atoms with Gasteiger partial charge in [-0.3, -0.25) is 0 Å². The minimum absolute atomic E-state index is 1.13. The molecule has 1 heterocycles. The highest BCUT2D eigenvalue weighted by molar-refractivity contribution is 5.92. The standard InChI is InChI=1S/C13H15N/c1-9(2)12-8-14(4)13-6-5-10(3)7-11(12)13/h5-8H,1H2,2-4H3. The Kier molecular flexibility index (Phi) is 1.95. The van der Waals surface area contributed by atoms with Crippen molar-refractivity contribution in [2.45, 2.75) is 13.8 Å². The van der Waals surface area contributed by atoms with Crippen molar-refractivity contribution in [3.63, 3.8) is 0 Å². The normalized spacial score (nSPS) is 10.8. The lowest BCUT2D eigenvalue weighted by molar-refractivity contribution is 0.967. The summed E-state index contributed by atoms with van der Waals surface area (Å²) in [6.45, 7) is 8.18. The van der Waals surface area contributed by atoms with Gasteiger partial charge < -0.3 is 4.57 Å². The van der Waals surface area contributed by atoms with Crippen LogP contribution in [0.3, 0.4) is 0 Å². The van der Waals surface area contributed by atoms with E-state index >= 15 is 0 Å². The Morgan fingerprint density at radius 3 is 2.71 bits per heavy atom. The zero-order valence-electron chi connectivity index (χ0n) is 8.96. The zero-order valence-corrected chi connectivity index (χ0v) is 8.96. The fourth-order valence-corrected chi connectivity index (χ4v) is 1.85. The van der Waals surface area contributed by atoms with Crippen molar-refractivity contribution in [2.24, 2.45) is 7.05 Å². The van der Waals surface area contributed by atoms with Crippen LogP contribution in [-0.2, 0) is 7.05 Å². The fourth-order valence-electron chi connectivity index (χ4n) is 1.85. The number of aromatic nitrogens is 1. The van der Waals surface area contributed by atoms with Crippen molar-refractivity contribution in [1.29, 1.82) is 0 Å². The topological polar surface area (TPSA) is 4.93 Å². The molecule has 0 aliphatic rings. The van der Waals surface area contributed by atoms with Crippen molar-refractivity contribution < 1.29 is 0 Å². The molecule has 14 heavy (non-hydrogen) atoms. The van der Waals surface area contributed by atoms with Crippen LogP contribution in [-0.4, -0.2) is 4.57 Å². The highest BCUT2D eigenvalue weighted by Gasteiger charge is 2.06. The van der Waals surface area contributed by atoms with Crippen molar-refractivity contribution >= 4 is 16.5 Å². The van der Waals surface area contributed by atoms with Crippen LogP contribution in [0.25, 0.3) is 16.5 Å². The molecule has 0 saturated carbocycles. The minimum atomic E-state index is 1.13. The lowest BCUT2D eigenvalue weighted by Crippen LogP contribution is -1.82. The molecule has 72 valence electrons. The van der Waals surface area contributed by atoms with E-state index in [-0.39, 0.29) is 0 Å². The molecule has 0 N–H and O–H groups in total. The smallest absolute Gasteiger partial charge is 0.0484 e. The zero-order chi connectivity index (χ0) is 10.3. The molecule has 0 radical (unpaired) electrons. The van der Waals surface area contributed by atoms with Gasteiger partial charge in [-0.2, -0.15) is 0 Å². The number of rotatable bonds is 1. The van der Waals surface area contributed by atoms with Crippen molar-refractivity contribution in [1.82, 2.24) is 4.57 Å². The lowest BCUT2D eigenvalue weighted by atomic mass is 10.1. The first-order valence-electron chi connectivity index (χ1n) is 4.81. The quantitative estimate of drug-likeness (QED) is 0.640. The first-order chi connectivity index (χ1) is 6.59. The Balaban J connectivity index is 2.85. The van der Waals surface area contributed by atoms with E-state index in [1.54, 1.807) is 0 Å². The van der Waals surface area contributed by atoms with Crippen LogP contribution in [0.2, 0.25) is 0 Å². The molecule has 2 rings (SSSR count). The number of benzene rings is 1. The molecule has 1 aromatic carbocycles. The van der Waals surface area contributed by atoms with Crippen LogP contribution < -0.4 is 0 Å². The van der Waals surface area contributed by atoms with Gasteiger partial charge in [0.2, 0.25) is 0 Å². The molecule has 0 spiro atoms. The Morgan fingerprint density at radius 1 is 1.36 bits per heavy atom. The summed E-state index contributed by atoms with van der Waals surface area (Å²) in [5.41, 5.74) is 4.95. The summed E-state index contributed by atoms with van der Waals surface area (Å²) in [6.07, 6.45) is 2.15. The summed E-state index contributed by atoms with van der Waals surface area (Å²) >= 11 is 0. The van der Waals surface area contributed by atoms with Gasteiger partial charge in [0.05, 0.1) is 0 Å². The fraction of sp³-hybridized carbons (Fsp3) is 0.231. The second kappa shape index (κ2) is 3.02. The second-order valence-corrected chi connectivity index (χ2v) is 3.95. The van der Waals surface area contributed by atoms with Crippen molar-refractivity contribution in [2.75, 3.05) is 0 Å². The Bertz CT molecular complexity index is 503. The van der Waals surface area contributed by atoms with E-state index in [1.165, 1.54) is 22.0 Å². The predicted molar refractivity (Wildman–Crippen MR) is 62.4 cm³/mol. The molecule has 0 atom stereocenters. The molecule has 1 aromatic heterocycles. The van der Waals surface area contributed by atoms with Crippen molar-refractivity contribution in [3.8, 4) is 0 Å². The van der Waals surface area contributed by atoms with Crippen LogP contribution in [0.5, 0.6) is 0 Å². The highest BCUT2D eigenvalue weighted by atomic mass is 14.9. The maximum absolute atomic E-state index is 4.01. The largest absolute Gasteiger partial charge is 0.350 e. The van der Waals surface area contributed by atoms with Crippen LogP contribution >= 0.6 is 0 Å². The van der Waals surface area contributed by atoms with Gasteiger partial charge in [0.1, 0.15) is 0 Å². The molecular weight excluding hydrogens is 170 g/mol. The van der Waals surface area contributed by atoms with E-state index in [1.807, 2.05) is 0 Å². The Hall–Kier alpha value is -1.50. The molecule has 0 aliphatic carbocycles. The number of fused-ring (bicyclic) bond motifs is 1. The van der Waals surface area contributed by atoms with E-state index in [0.29, 0.717) is 0 Å². The van der Waals surface area contributed by atoms with Gasteiger partial charge in [0, 0.05) is 29.7 Å². The Labute approximate surface area is 84.7 Å². The van der Waals surface area contributed by atoms with Crippen LogP contribution in [0, 0.1) is 6.92 Å². The van der Waals surface area contributed by atoms with Gasteiger partial charge in [-0.15, -0.1) is 0 Å². The molecular formula is C13H15N. The second-order valence-electron chi connectivity index (χ2n) is 3.95. The molecule has 1 nitrogen and oxygen atoms in total. The van der Waals surface area contributed by atoms with Crippen molar-refractivity contribution in [3.05, 3.63) is 42.1 Å². The van der Waals surface area contributed by atoms with E-state index in [9.17, 15) is 0 Å². The summed E-state index contributed by atoms with van der Waals surface area (Å²) in [7, 11) is 2.07. The van der Waals surface area contributed by atoms with E-state index in [4.69, 9.17) is 0 Å². The van der Waals surface area contributed by atoms with E-state index < -0.39 is 0 Å². The summed E-state index contributed by atoms with van der Waals surface area (Å²) < 4.78 is 2.15. The average molecular weight is 185 g/mol. The third kappa shape index (κ3) is 1.25. The number of hydrogen-bond acceptors (Lipinski definition) is 0. The molecule has 0 amide bonds. The van der Waals surface area contributed by atoms with Gasteiger partial charge >= 0.3 is 0 Å². The van der Waals surface area contributed by atoms with Gasteiger partial charge in [0.15, 0.2) is 0 Å². The monoisotopic (exact) mass is 185 g/mol. The predicted octanol–water partition coefficient (Wildman–Crippen LogP) is 3.52. The van der Waals surface area contributed by atoms with E-state index in [2.05, 4.69) is 56.4 Å². The number of allylic oxidation sites excluding steroid dienone is 1. The SMILES string of the molecule is C=C(C)c1cn(C)c2ccc(C)cc12. The van der Waals surface area contributed by atoms with E-state index in [0.717, 1.165) is 5.57 Å². The van der Waals surface area contributed by atoms with Crippen LogP contribution in [0.15, 0.2) is 31.0 Å². The summed E-state index contributed by atoms with van der Waals surface area (Å²) in [6, 6.07) is 6.53. The Morgan fingerprint density at radius 2 is 2.07 bits per heavy atom. The molecule has 0 saturated heterocycles. The lowest BCUT2D eigenvalue weighted by Gasteiger charge is -1.98. The summed E-state index contributed by atoms with van der Waals surface area (Å²) in [5.74, 6) is 0. The third-order valence-corrected chi connectivity index (χ3v) is 2.60. The first kappa shape index (κ1) is 9.07. The van der Waals surface area contributed by atoms with Gasteiger partial charge in [-0.1, -0.05) is 18.2 Å². The first-order valence-corrected chi connectivity index (χ1v) is 4.81. The summed E-state index contributed by atoms with van der Waals surface area (Å²) in [4.78, 5) is 0. The van der Waals surface area contributed by atoms with Crippen LogP contribution in [0.4, 0.5) is 0 Å². The maximum Gasteiger partial charge on any atom is 0.0484 e. The molecule has 0 fully saturated rings. The number of nitrogens with zero attached hydrogens (tertiary/aromatic N) is 1. The summed E-state index contributed by atoms with van der Waals surface area (Å²) in [5, 5.41) is 1.31. The maximum atomic E-state index is 4.01. The van der Waals surface area contributed by atoms with Gasteiger partial charge in [-0.05, 0) is 31.6 Å². The minimum Gasteiger partial charge on any atom is -0.350 e. The molecule has 0 bridgehead atoms. The molecule has 0 unspecified atom stereocenters. The molecule has 2 aromatic rings.